The predicted molar refractivity (Wildman–Crippen MR) is 73.7 cm³/mol. The van der Waals surface area contributed by atoms with E-state index >= 15 is 0 Å². The van der Waals surface area contributed by atoms with Crippen LogP contribution in [0.25, 0.3) is 0 Å². The van der Waals surface area contributed by atoms with Crippen LogP contribution in [0, 0.1) is 0 Å². The van der Waals surface area contributed by atoms with Gasteiger partial charge in [-0.15, -0.1) is 0 Å². The summed E-state index contributed by atoms with van der Waals surface area (Å²) in [4.78, 5) is 12.4. The standard InChI is InChI=1S/C15H16O7/c1-18-9-4-5-11-12(6-9)21-14(17)8-10(19-2)7-13(16)15(14,20-3)22-11/h4-7,17H,8H2,1-3H3/t14-,15-/m0/s1. The highest BCUT2D eigenvalue weighted by atomic mass is 16.8. The monoisotopic (exact) mass is 308 g/mol. The molecule has 0 saturated carbocycles. The van der Waals surface area contributed by atoms with Crippen molar-refractivity contribution in [3.8, 4) is 17.2 Å². The maximum Gasteiger partial charge on any atom is 0.342 e. The molecule has 1 aliphatic heterocycles. The Morgan fingerprint density at radius 2 is 1.91 bits per heavy atom. The maximum atomic E-state index is 12.4. The third-order valence-corrected chi connectivity index (χ3v) is 3.78. The van der Waals surface area contributed by atoms with Crippen LogP contribution in [0.2, 0.25) is 0 Å². The minimum Gasteiger partial charge on any atom is -0.501 e. The van der Waals surface area contributed by atoms with Gasteiger partial charge in [-0.25, -0.2) is 0 Å². The molecular weight excluding hydrogens is 292 g/mol. The Hall–Kier alpha value is -2.25. The Balaban J connectivity index is 2.11. The Kier molecular flexibility index (Phi) is 3.26. The number of fused-ring (bicyclic) bond motifs is 2. The first-order valence-electron chi connectivity index (χ1n) is 6.60. The molecule has 1 aromatic rings. The molecule has 1 aliphatic carbocycles. The molecule has 0 saturated heterocycles. The van der Waals surface area contributed by atoms with Crippen molar-refractivity contribution in [2.24, 2.45) is 0 Å². The van der Waals surface area contributed by atoms with E-state index in [-0.39, 0.29) is 23.7 Å². The zero-order chi connectivity index (χ0) is 16.0. The lowest BCUT2D eigenvalue weighted by Crippen LogP contribution is -2.70. The molecule has 1 N–H and O–H groups in total. The molecule has 7 nitrogen and oxygen atoms in total. The molecule has 0 amide bonds. The number of aliphatic hydroxyl groups is 1. The molecular formula is C15H16O7. The summed E-state index contributed by atoms with van der Waals surface area (Å²) in [5.74, 6) is -3.29. The fraction of sp³-hybridized carbons (Fsp3) is 0.400. The average molecular weight is 308 g/mol. The summed E-state index contributed by atoms with van der Waals surface area (Å²) in [6, 6.07) is 4.79. The second-order valence-corrected chi connectivity index (χ2v) is 4.98. The molecule has 0 spiro atoms. The number of carbonyl (C=O) groups is 1. The van der Waals surface area contributed by atoms with Gasteiger partial charge in [0, 0.05) is 19.3 Å². The molecule has 0 unspecified atom stereocenters. The summed E-state index contributed by atoms with van der Waals surface area (Å²) in [5.41, 5.74) is 0. The summed E-state index contributed by atoms with van der Waals surface area (Å²) in [6.45, 7) is 0. The molecule has 0 fully saturated rings. The summed E-state index contributed by atoms with van der Waals surface area (Å²) in [5, 5.41) is 10.9. The maximum absolute atomic E-state index is 12.4. The fourth-order valence-electron chi connectivity index (χ4n) is 2.62. The molecule has 2 atom stereocenters. The summed E-state index contributed by atoms with van der Waals surface area (Å²) < 4.78 is 26.7. The van der Waals surface area contributed by atoms with Crippen LogP contribution < -0.4 is 14.2 Å². The molecule has 0 bridgehead atoms. The van der Waals surface area contributed by atoms with E-state index in [0.29, 0.717) is 5.75 Å². The SMILES string of the molecule is COC1=CC(=O)[C@]2(OC)Oc3ccc(OC)cc3O[C@@]2(O)C1. The zero-order valence-corrected chi connectivity index (χ0v) is 12.4. The minimum absolute atomic E-state index is 0.0975. The second kappa shape index (κ2) is 4.89. The molecule has 2 aliphatic rings. The zero-order valence-electron chi connectivity index (χ0n) is 12.4. The summed E-state index contributed by atoms with van der Waals surface area (Å²) >= 11 is 0. The third kappa shape index (κ3) is 1.86. The van der Waals surface area contributed by atoms with Gasteiger partial charge >= 0.3 is 5.79 Å². The minimum atomic E-state index is -2.04. The lowest BCUT2D eigenvalue weighted by Gasteiger charge is -2.48. The van der Waals surface area contributed by atoms with E-state index in [9.17, 15) is 9.90 Å². The number of hydrogen-bond acceptors (Lipinski definition) is 7. The van der Waals surface area contributed by atoms with Gasteiger partial charge in [0.15, 0.2) is 11.5 Å². The van der Waals surface area contributed by atoms with Crippen molar-refractivity contribution >= 4 is 5.78 Å². The van der Waals surface area contributed by atoms with Gasteiger partial charge in [-0.2, -0.15) is 0 Å². The quantitative estimate of drug-likeness (QED) is 0.891. The van der Waals surface area contributed by atoms with Gasteiger partial charge in [-0.05, 0) is 12.1 Å². The van der Waals surface area contributed by atoms with Gasteiger partial charge in [-0.3, -0.25) is 4.79 Å². The number of ether oxygens (including phenoxy) is 5. The Labute approximate surface area is 127 Å². The molecule has 1 heterocycles. The lowest BCUT2D eigenvalue weighted by molar-refractivity contribution is -0.335. The van der Waals surface area contributed by atoms with E-state index in [4.69, 9.17) is 23.7 Å². The number of rotatable bonds is 3. The molecule has 7 heteroatoms. The van der Waals surface area contributed by atoms with Crippen molar-refractivity contribution in [2.75, 3.05) is 21.3 Å². The Bertz CT molecular complexity index is 653. The van der Waals surface area contributed by atoms with Gasteiger partial charge in [0.2, 0.25) is 5.78 Å². The van der Waals surface area contributed by atoms with Crippen LogP contribution in [0.15, 0.2) is 30.0 Å². The highest BCUT2D eigenvalue weighted by Crippen LogP contribution is 2.48. The average Bonchev–Trinajstić information content (AvgIpc) is 2.52. The number of ketones is 1. The Morgan fingerprint density at radius 3 is 2.55 bits per heavy atom. The molecule has 0 aromatic heterocycles. The number of hydrogen-bond donors (Lipinski definition) is 1. The van der Waals surface area contributed by atoms with Crippen LogP contribution in [-0.2, 0) is 14.3 Å². The van der Waals surface area contributed by atoms with Crippen LogP contribution in [0.5, 0.6) is 17.2 Å². The summed E-state index contributed by atoms with van der Waals surface area (Å²) in [7, 11) is 4.19. The van der Waals surface area contributed by atoms with Crippen molar-refractivity contribution in [2.45, 2.75) is 18.0 Å². The van der Waals surface area contributed by atoms with Crippen LogP contribution in [0.3, 0.4) is 0 Å². The van der Waals surface area contributed by atoms with Crippen molar-refractivity contribution in [3.63, 3.8) is 0 Å². The van der Waals surface area contributed by atoms with Gasteiger partial charge in [0.05, 0.1) is 20.6 Å². The normalized spacial score (nSPS) is 29.5. The van der Waals surface area contributed by atoms with Gasteiger partial charge in [-0.1, -0.05) is 0 Å². The van der Waals surface area contributed by atoms with Crippen LogP contribution in [0.4, 0.5) is 0 Å². The number of benzene rings is 1. The first-order chi connectivity index (χ1) is 10.5. The first kappa shape index (κ1) is 14.7. The largest absolute Gasteiger partial charge is 0.501 e. The van der Waals surface area contributed by atoms with E-state index in [1.54, 1.807) is 18.2 Å². The molecule has 22 heavy (non-hydrogen) atoms. The number of methoxy groups -OCH3 is 3. The highest BCUT2D eigenvalue weighted by Gasteiger charge is 2.66. The summed E-state index contributed by atoms with van der Waals surface area (Å²) in [6.07, 6.45) is 1.13. The van der Waals surface area contributed by atoms with Crippen LogP contribution >= 0.6 is 0 Å². The van der Waals surface area contributed by atoms with Gasteiger partial charge < -0.3 is 28.8 Å². The number of carbonyl (C=O) groups excluding carboxylic acids is 1. The third-order valence-electron chi connectivity index (χ3n) is 3.78. The van der Waals surface area contributed by atoms with E-state index in [1.807, 2.05) is 0 Å². The smallest absolute Gasteiger partial charge is 0.342 e. The topological polar surface area (TPSA) is 83.5 Å². The molecule has 3 rings (SSSR count). The van der Waals surface area contributed by atoms with Crippen molar-refractivity contribution in [1.29, 1.82) is 0 Å². The van der Waals surface area contributed by atoms with Crippen LogP contribution in [-0.4, -0.2) is 43.8 Å². The highest BCUT2D eigenvalue weighted by molar-refractivity contribution is 5.99. The molecule has 0 radical (unpaired) electrons. The van der Waals surface area contributed by atoms with Crippen molar-refractivity contribution < 1.29 is 33.6 Å². The van der Waals surface area contributed by atoms with E-state index in [0.717, 1.165) is 0 Å². The predicted octanol–water partition coefficient (Wildman–Crippen LogP) is 1.00. The van der Waals surface area contributed by atoms with Gasteiger partial charge in [0.1, 0.15) is 11.5 Å². The Morgan fingerprint density at radius 1 is 1.14 bits per heavy atom. The first-order valence-corrected chi connectivity index (χ1v) is 6.60. The molecule has 1 aromatic carbocycles. The van der Waals surface area contributed by atoms with Crippen molar-refractivity contribution in [3.05, 3.63) is 30.0 Å². The second-order valence-electron chi connectivity index (χ2n) is 4.98. The van der Waals surface area contributed by atoms with E-state index < -0.39 is 17.4 Å². The molecule has 118 valence electrons. The lowest BCUT2D eigenvalue weighted by atomic mass is 9.89. The van der Waals surface area contributed by atoms with Gasteiger partial charge in [0.25, 0.3) is 5.79 Å². The van der Waals surface area contributed by atoms with Crippen molar-refractivity contribution in [1.82, 2.24) is 0 Å². The fourth-order valence-corrected chi connectivity index (χ4v) is 2.62. The van der Waals surface area contributed by atoms with E-state index in [1.165, 1.54) is 27.4 Å². The van der Waals surface area contributed by atoms with E-state index in [2.05, 4.69) is 0 Å². The van der Waals surface area contributed by atoms with Crippen LogP contribution in [0.1, 0.15) is 6.42 Å².